The molecule has 0 unspecified atom stereocenters. The van der Waals surface area contributed by atoms with Gasteiger partial charge in [-0.05, 0) is 37.9 Å². The molecule has 2 aromatic rings. The zero-order chi connectivity index (χ0) is 13.6. The van der Waals surface area contributed by atoms with Gasteiger partial charge in [0.25, 0.3) is 0 Å². The number of hydrogen-bond acceptors (Lipinski definition) is 4. The Morgan fingerprint density at radius 3 is 3.20 bits per heavy atom. The molecule has 0 amide bonds. The minimum Gasteiger partial charge on any atom is -0.467 e. The first-order valence-electron chi connectivity index (χ1n) is 7.25. The van der Waals surface area contributed by atoms with E-state index in [9.17, 15) is 0 Å². The monoisotopic (exact) mass is 275 g/mol. The predicted molar refractivity (Wildman–Crippen MR) is 75.2 cm³/mol. The molecular weight excluding hydrogens is 254 g/mol. The third-order valence-electron chi connectivity index (χ3n) is 3.46. The number of nitrogens with one attached hydrogen (secondary N) is 1. The number of nitrogens with zero attached hydrogens (tertiary/aromatic N) is 2. The molecule has 1 aliphatic carbocycles. The topological polar surface area (TPSA) is 52.2 Å². The zero-order valence-electron chi connectivity index (χ0n) is 11.6. The molecule has 108 valence electrons. The van der Waals surface area contributed by atoms with Crippen molar-refractivity contribution < 1.29 is 9.15 Å². The molecular formula is C15H21N3O2. The lowest BCUT2D eigenvalue weighted by Gasteiger charge is -2.08. The smallest absolute Gasteiger partial charge is 0.129 e. The fourth-order valence-corrected chi connectivity index (χ4v) is 2.23. The van der Waals surface area contributed by atoms with Crippen molar-refractivity contribution in [2.24, 2.45) is 0 Å². The van der Waals surface area contributed by atoms with Crippen molar-refractivity contribution in [3.05, 3.63) is 42.4 Å². The molecule has 0 aromatic carbocycles. The lowest BCUT2D eigenvalue weighted by molar-refractivity contribution is 0.104. The van der Waals surface area contributed by atoms with E-state index in [4.69, 9.17) is 9.15 Å². The summed E-state index contributed by atoms with van der Waals surface area (Å²) in [6.45, 7) is 3.14. The minimum absolute atomic E-state index is 0.557. The van der Waals surface area contributed by atoms with E-state index < -0.39 is 0 Å². The van der Waals surface area contributed by atoms with Crippen molar-refractivity contribution in [1.82, 2.24) is 14.9 Å². The average molecular weight is 275 g/mol. The summed E-state index contributed by atoms with van der Waals surface area (Å²) >= 11 is 0. The third kappa shape index (κ3) is 3.71. The van der Waals surface area contributed by atoms with Gasteiger partial charge in [0.05, 0.1) is 18.3 Å². The van der Waals surface area contributed by atoms with Crippen LogP contribution in [0.3, 0.4) is 0 Å². The molecule has 2 aromatic heterocycles. The summed E-state index contributed by atoms with van der Waals surface area (Å²) in [6, 6.07) is 4.51. The van der Waals surface area contributed by atoms with Gasteiger partial charge in [-0.25, -0.2) is 4.98 Å². The maximum atomic E-state index is 5.54. The summed E-state index contributed by atoms with van der Waals surface area (Å²) in [5, 5.41) is 3.44. The van der Waals surface area contributed by atoms with E-state index in [0.29, 0.717) is 12.6 Å². The SMILES string of the molecule is c1coc(COCCCNCc2cncn2C2CC2)c1. The Morgan fingerprint density at radius 1 is 1.45 bits per heavy atom. The molecule has 1 aliphatic rings. The Morgan fingerprint density at radius 2 is 2.40 bits per heavy atom. The highest BCUT2D eigenvalue weighted by atomic mass is 16.5. The Balaban J connectivity index is 1.26. The van der Waals surface area contributed by atoms with Gasteiger partial charge in [0, 0.05) is 25.4 Å². The summed E-state index contributed by atoms with van der Waals surface area (Å²) in [6.07, 6.45) is 9.16. The van der Waals surface area contributed by atoms with Gasteiger partial charge in [-0.1, -0.05) is 0 Å². The maximum Gasteiger partial charge on any atom is 0.129 e. The molecule has 1 N–H and O–H groups in total. The van der Waals surface area contributed by atoms with Gasteiger partial charge in [-0.3, -0.25) is 0 Å². The van der Waals surface area contributed by atoms with Crippen LogP contribution in [-0.2, 0) is 17.9 Å². The highest BCUT2D eigenvalue weighted by molar-refractivity contribution is 5.03. The molecule has 0 saturated heterocycles. The molecule has 3 rings (SSSR count). The quantitative estimate of drug-likeness (QED) is 0.714. The number of aromatic nitrogens is 2. The van der Waals surface area contributed by atoms with Crippen LogP contribution in [0, 0.1) is 0 Å². The van der Waals surface area contributed by atoms with Crippen molar-refractivity contribution >= 4 is 0 Å². The molecule has 0 atom stereocenters. The second kappa shape index (κ2) is 6.72. The second-order valence-electron chi connectivity index (χ2n) is 5.19. The molecule has 2 heterocycles. The van der Waals surface area contributed by atoms with E-state index in [-0.39, 0.29) is 0 Å². The second-order valence-corrected chi connectivity index (χ2v) is 5.19. The van der Waals surface area contributed by atoms with Gasteiger partial charge in [0.1, 0.15) is 12.4 Å². The van der Waals surface area contributed by atoms with E-state index in [1.807, 2.05) is 24.7 Å². The number of furan rings is 1. The van der Waals surface area contributed by atoms with Crippen molar-refractivity contribution in [3.8, 4) is 0 Å². The summed E-state index contributed by atoms with van der Waals surface area (Å²) in [5.41, 5.74) is 1.28. The molecule has 0 aliphatic heterocycles. The van der Waals surface area contributed by atoms with Crippen LogP contribution in [0.25, 0.3) is 0 Å². The summed E-state index contributed by atoms with van der Waals surface area (Å²) < 4.78 is 13.0. The molecule has 0 bridgehead atoms. The zero-order valence-corrected chi connectivity index (χ0v) is 11.6. The first kappa shape index (κ1) is 13.4. The standard InChI is InChI=1S/C15H21N3O2/c1-3-15(20-8-1)11-19-7-2-6-16-9-14-10-17-12-18(14)13-4-5-13/h1,3,8,10,12-13,16H,2,4-7,9,11H2. The molecule has 1 fully saturated rings. The van der Waals surface area contributed by atoms with Crippen molar-refractivity contribution in [1.29, 1.82) is 0 Å². The van der Waals surface area contributed by atoms with Gasteiger partial charge in [0.15, 0.2) is 0 Å². The van der Waals surface area contributed by atoms with E-state index in [0.717, 1.165) is 31.9 Å². The molecule has 1 saturated carbocycles. The highest BCUT2D eigenvalue weighted by Gasteiger charge is 2.24. The van der Waals surface area contributed by atoms with Crippen LogP contribution in [0.2, 0.25) is 0 Å². The van der Waals surface area contributed by atoms with Crippen molar-refractivity contribution in [2.75, 3.05) is 13.2 Å². The molecule has 5 heteroatoms. The van der Waals surface area contributed by atoms with Gasteiger partial charge in [0.2, 0.25) is 0 Å². The largest absolute Gasteiger partial charge is 0.467 e. The first-order chi connectivity index (χ1) is 9.93. The van der Waals surface area contributed by atoms with Crippen molar-refractivity contribution in [3.63, 3.8) is 0 Å². The van der Waals surface area contributed by atoms with Gasteiger partial charge in [-0.2, -0.15) is 0 Å². The Bertz CT molecular complexity index is 503. The van der Waals surface area contributed by atoms with Crippen LogP contribution in [0.5, 0.6) is 0 Å². The van der Waals surface area contributed by atoms with Crippen molar-refractivity contribution in [2.45, 2.75) is 38.5 Å². The van der Waals surface area contributed by atoms with Gasteiger partial charge < -0.3 is 19.0 Å². The molecule has 20 heavy (non-hydrogen) atoms. The predicted octanol–water partition coefficient (Wildman–Crippen LogP) is 2.51. The lowest BCUT2D eigenvalue weighted by atomic mass is 10.4. The Labute approximate surface area is 118 Å². The Kier molecular flexibility index (Phi) is 4.50. The van der Waals surface area contributed by atoms with E-state index in [1.54, 1.807) is 6.26 Å². The molecule has 5 nitrogen and oxygen atoms in total. The summed E-state index contributed by atoms with van der Waals surface area (Å²) in [5.74, 6) is 0.881. The fraction of sp³-hybridized carbons (Fsp3) is 0.533. The lowest BCUT2D eigenvalue weighted by Crippen LogP contribution is -2.18. The maximum absolute atomic E-state index is 5.54. The molecule has 0 radical (unpaired) electrons. The summed E-state index contributed by atoms with van der Waals surface area (Å²) in [7, 11) is 0. The van der Waals surface area contributed by atoms with Crippen LogP contribution < -0.4 is 5.32 Å². The number of imidazole rings is 1. The van der Waals surface area contributed by atoms with E-state index in [2.05, 4.69) is 14.9 Å². The summed E-state index contributed by atoms with van der Waals surface area (Å²) in [4.78, 5) is 4.23. The number of hydrogen-bond donors (Lipinski definition) is 1. The number of ether oxygens (including phenoxy) is 1. The number of rotatable bonds is 9. The van der Waals surface area contributed by atoms with Crippen LogP contribution in [0.15, 0.2) is 35.3 Å². The van der Waals surface area contributed by atoms with Crippen LogP contribution in [0.1, 0.15) is 36.8 Å². The first-order valence-corrected chi connectivity index (χ1v) is 7.25. The normalized spacial score (nSPS) is 14.8. The third-order valence-corrected chi connectivity index (χ3v) is 3.46. The van der Waals surface area contributed by atoms with Crippen LogP contribution in [0.4, 0.5) is 0 Å². The minimum atomic E-state index is 0.557. The molecule has 0 spiro atoms. The van der Waals surface area contributed by atoms with Crippen LogP contribution in [-0.4, -0.2) is 22.7 Å². The Hall–Kier alpha value is -1.59. The van der Waals surface area contributed by atoms with Crippen LogP contribution >= 0.6 is 0 Å². The highest BCUT2D eigenvalue weighted by Crippen LogP contribution is 2.35. The van der Waals surface area contributed by atoms with Gasteiger partial charge >= 0.3 is 0 Å². The average Bonchev–Trinajstić information content (AvgIpc) is 2.99. The fourth-order valence-electron chi connectivity index (χ4n) is 2.23. The van der Waals surface area contributed by atoms with Gasteiger partial charge in [-0.15, -0.1) is 0 Å². The van der Waals surface area contributed by atoms with E-state index in [1.165, 1.54) is 18.5 Å². The van der Waals surface area contributed by atoms with E-state index >= 15 is 0 Å².